The summed E-state index contributed by atoms with van der Waals surface area (Å²) in [6, 6.07) is 1.28. The molecule has 1 aromatic heterocycles. The van der Waals surface area contributed by atoms with Crippen LogP contribution in [0.2, 0.25) is 0 Å². The fourth-order valence-corrected chi connectivity index (χ4v) is 4.14. The molecule has 1 aromatic carbocycles. The number of benzene rings is 1. The van der Waals surface area contributed by atoms with Gasteiger partial charge in [-0.05, 0) is 45.1 Å². The van der Waals surface area contributed by atoms with Crippen molar-refractivity contribution in [2.24, 2.45) is 11.7 Å². The fraction of sp³-hybridized carbons (Fsp3) is 0.556. The molecule has 140 valence electrons. The van der Waals surface area contributed by atoms with Crippen molar-refractivity contribution in [3.63, 3.8) is 0 Å². The Morgan fingerprint density at radius 2 is 1.96 bits per heavy atom. The van der Waals surface area contributed by atoms with Crippen molar-refractivity contribution in [3.05, 3.63) is 38.3 Å². The highest BCUT2D eigenvalue weighted by molar-refractivity contribution is 5.87. The van der Waals surface area contributed by atoms with Crippen molar-refractivity contribution in [3.8, 4) is 0 Å². The topological polar surface area (TPSA) is 99.3 Å². The van der Waals surface area contributed by atoms with Gasteiger partial charge >= 0.3 is 5.69 Å². The summed E-state index contributed by atoms with van der Waals surface area (Å²) in [6.45, 7) is 5.12. The molecule has 2 fully saturated rings. The van der Waals surface area contributed by atoms with E-state index in [9.17, 15) is 14.0 Å². The standard InChI is InChI=1S/C18H24FN5O2/c1-9-15-13(17(25)24(21)18(26)23(15)12-3-4-12)7-14(19)16(9)22-6-5-11(8-22)10(2)20/h7,10-12H,3-6,8,20-21H2,1-2H3/t10-,11-/m1/s1. The number of aromatic nitrogens is 2. The van der Waals surface area contributed by atoms with Gasteiger partial charge in [-0.3, -0.25) is 9.36 Å². The highest BCUT2D eigenvalue weighted by Crippen LogP contribution is 2.39. The van der Waals surface area contributed by atoms with Crippen molar-refractivity contribution in [2.75, 3.05) is 23.8 Å². The molecule has 8 heteroatoms. The summed E-state index contributed by atoms with van der Waals surface area (Å²) < 4.78 is 17.1. The van der Waals surface area contributed by atoms with E-state index in [-0.39, 0.29) is 17.5 Å². The van der Waals surface area contributed by atoms with Crippen molar-refractivity contribution in [1.29, 1.82) is 0 Å². The predicted molar refractivity (Wildman–Crippen MR) is 99.6 cm³/mol. The highest BCUT2D eigenvalue weighted by Gasteiger charge is 2.32. The number of nitrogen functional groups attached to an aromatic ring is 1. The number of nitrogens with two attached hydrogens (primary N) is 2. The minimum Gasteiger partial charge on any atom is -0.369 e. The molecular weight excluding hydrogens is 337 g/mol. The molecular formula is C18H24FN5O2. The van der Waals surface area contributed by atoms with E-state index in [1.54, 1.807) is 11.5 Å². The molecule has 4 N–H and O–H groups in total. The van der Waals surface area contributed by atoms with Gasteiger partial charge in [0.1, 0.15) is 5.82 Å². The van der Waals surface area contributed by atoms with Crippen LogP contribution in [0, 0.1) is 18.7 Å². The second kappa shape index (κ2) is 5.84. The van der Waals surface area contributed by atoms with Gasteiger partial charge in [0.25, 0.3) is 5.56 Å². The second-order valence-electron chi connectivity index (χ2n) is 7.64. The van der Waals surface area contributed by atoms with Gasteiger partial charge in [-0.25, -0.2) is 9.18 Å². The Kier molecular flexibility index (Phi) is 3.83. The molecule has 2 aromatic rings. The van der Waals surface area contributed by atoms with Crippen LogP contribution in [0.4, 0.5) is 10.1 Å². The summed E-state index contributed by atoms with van der Waals surface area (Å²) >= 11 is 0. The SMILES string of the molecule is Cc1c(N2CC[C@@H]([C@@H](C)N)C2)c(F)cc2c(=O)n(N)c(=O)n(C3CC3)c12. The number of aryl methyl sites for hydroxylation is 1. The molecule has 1 saturated carbocycles. The molecule has 2 atom stereocenters. The normalized spacial score (nSPS) is 21.5. The van der Waals surface area contributed by atoms with E-state index in [0.717, 1.165) is 19.3 Å². The van der Waals surface area contributed by atoms with E-state index in [0.29, 0.717) is 40.5 Å². The largest absolute Gasteiger partial charge is 0.369 e. The van der Waals surface area contributed by atoms with Gasteiger partial charge in [0.15, 0.2) is 0 Å². The molecule has 26 heavy (non-hydrogen) atoms. The minimum atomic E-state index is -0.662. The number of fused-ring (bicyclic) bond motifs is 1. The van der Waals surface area contributed by atoms with Crippen molar-refractivity contribution in [2.45, 2.75) is 45.2 Å². The molecule has 0 spiro atoms. The first-order valence-electron chi connectivity index (χ1n) is 9.07. The van der Waals surface area contributed by atoms with Crippen LogP contribution >= 0.6 is 0 Å². The number of hydrogen-bond donors (Lipinski definition) is 2. The Labute approximate surface area is 150 Å². The number of rotatable bonds is 3. The maximum atomic E-state index is 15.0. The van der Waals surface area contributed by atoms with Gasteiger partial charge in [0.05, 0.1) is 16.6 Å². The molecule has 0 bridgehead atoms. The molecule has 7 nitrogen and oxygen atoms in total. The van der Waals surface area contributed by atoms with Crippen LogP contribution in [0.1, 0.15) is 37.8 Å². The molecule has 4 rings (SSSR count). The third kappa shape index (κ3) is 2.43. The van der Waals surface area contributed by atoms with Crippen LogP contribution in [0.15, 0.2) is 15.7 Å². The van der Waals surface area contributed by atoms with Crippen LogP contribution in [-0.2, 0) is 0 Å². The van der Waals surface area contributed by atoms with Crippen LogP contribution in [0.5, 0.6) is 0 Å². The number of nitrogens with zero attached hydrogens (tertiary/aromatic N) is 3. The molecule has 0 amide bonds. The van der Waals surface area contributed by atoms with Gasteiger partial charge in [-0.15, -0.1) is 0 Å². The minimum absolute atomic E-state index is 0.0211. The number of hydrogen-bond acceptors (Lipinski definition) is 5. The first-order valence-corrected chi connectivity index (χ1v) is 9.07. The van der Waals surface area contributed by atoms with Gasteiger partial charge < -0.3 is 16.5 Å². The lowest BCUT2D eigenvalue weighted by atomic mass is 10.0. The summed E-state index contributed by atoms with van der Waals surface area (Å²) in [6.07, 6.45) is 2.61. The highest BCUT2D eigenvalue weighted by atomic mass is 19.1. The van der Waals surface area contributed by atoms with Crippen LogP contribution in [0.25, 0.3) is 10.9 Å². The number of anilines is 1. The van der Waals surface area contributed by atoms with Crippen molar-refractivity contribution >= 4 is 16.6 Å². The molecule has 1 aliphatic carbocycles. The molecule has 0 radical (unpaired) electrons. The maximum Gasteiger partial charge on any atom is 0.350 e. The predicted octanol–water partition coefficient (Wildman–Crippen LogP) is 0.833. The summed E-state index contributed by atoms with van der Waals surface area (Å²) in [5.41, 5.74) is 6.39. The zero-order valence-electron chi connectivity index (χ0n) is 15.0. The zero-order chi connectivity index (χ0) is 18.7. The number of halogens is 1. The third-order valence-electron chi connectivity index (χ3n) is 5.76. The van der Waals surface area contributed by atoms with Gasteiger partial charge in [-0.2, -0.15) is 4.68 Å². The third-order valence-corrected chi connectivity index (χ3v) is 5.76. The Morgan fingerprint density at radius 3 is 2.54 bits per heavy atom. The van der Waals surface area contributed by atoms with E-state index < -0.39 is 17.1 Å². The molecule has 1 saturated heterocycles. The summed E-state index contributed by atoms with van der Waals surface area (Å²) in [5.74, 6) is 5.49. The van der Waals surface area contributed by atoms with Gasteiger partial charge in [-0.1, -0.05) is 0 Å². The van der Waals surface area contributed by atoms with Gasteiger partial charge in [0.2, 0.25) is 0 Å². The maximum absolute atomic E-state index is 15.0. The van der Waals surface area contributed by atoms with E-state index in [1.807, 2.05) is 11.8 Å². The lowest BCUT2D eigenvalue weighted by molar-refractivity contribution is 0.487. The average Bonchev–Trinajstić information content (AvgIpc) is 3.30. The van der Waals surface area contributed by atoms with Crippen LogP contribution < -0.4 is 27.7 Å². The first-order chi connectivity index (χ1) is 12.3. The summed E-state index contributed by atoms with van der Waals surface area (Å²) in [4.78, 5) is 27.0. The molecule has 1 aliphatic heterocycles. The van der Waals surface area contributed by atoms with Crippen molar-refractivity contribution in [1.82, 2.24) is 9.24 Å². The lowest BCUT2D eigenvalue weighted by Crippen LogP contribution is -2.44. The molecule has 2 heterocycles. The Balaban J connectivity index is 1.97. The zero-order valence-corrected chi connectivity index (χ0v) is 15.0. The Bertz CT molecular complexity index is 1010. The molecule has 0 unspecified atom stereocenters. The lowest BCUT2D eigenvalue weighted by Gasteiger charge is -2.24. The molecule has 2 aliphatic rings. The van der Waals surface area contributed by atoms with Crippen LogP contribution in [0.3, 0.4) is 0 Å². The monoisotopic (exact) mass is 361 g/mol. The first kappa shape index (κ1) is 17.1. The van der Waals surface area contributed by atoms with E-state index >= 15 is 0 Å². The van der Waals surface area contributed by atoms with E-state index in [4.69, 9.17) is 11.6 Å². The fourth-order valence-electron chi connectivity index (χ4n) is 4.14. The van der Waals surface area contributed by atoms with Crippen molar-refractivity contribution < 1.29 is 4.39 Å². The second-order valence-corrected chi connectivity index (χ2v) is 7.64. The Morgan fingerprint density at radius 1 is 1.27 bits per heavy atom. The summed E-state index contributed by atoms with van der Waals surface area (Å²) in [7, 11) is 0. The van der Waals surface area contributed by atoms with E-state index in [2.05, 4.69) is 0 Å². The smallest absolute Gasteiger partial charge is 0.350 e. The average molecular weight is 361 g/mol. The van der Waals surface area contributed by atoms with Gasteiger partial charge in [0, 0.05) is 30.7 Å². The quantitative estimate of drug-likeness (QED) is 0.789. The van der Waals surface area contributed by atoms with E-state index in [1.165, 1.54) is 6.07 Å². The Hall–Kier alpha value is -2.35. The van der Waals surface area contributed by atoms with Crippen LogP contribution in [-0.4, -0.2) is 28.4 Å². The summed E-state index contributed by atoms with van der Waals surface area (Å²) in [5, 5.41) is 0.153.